The number of anilines is 1. The molecule has 0 fully saturated rings. The molecular weight excluding hydrogens is 167 g/mol. The van der Waals surface area contributed by atoms with E-state index in [0.29, 0.717) is 10.8 Å². The molecule has 0 aliphatic heterocycles. The lowest BCUT2D eigenvalue weighted by molar-refractivity contribution is 0.477. The molecule has 1 heterocycles. The zero-order chi connectivity index (χ0) is 9.26. The standard InChI is InChI=1S/C10H8FN2/c1-13(11)10-4-2-3-8-5-6-12-7-9(8)10/h2-4,6-7H,1H3. The zero-order valence-corrected chi connectivity index (χ0v) is 7.16. The van der Waals surface area contributed by atoms with Gasteiger partial charge in [0.2, 0.25) is 0 Å². The second kappa shape index (κ2) is 3.01. The van der Waals surface area contributed by atoms with Crippen LogP contribution in [-0.4, -0.2) is 12.0 Å². The lowest BCUT2D eigenvalue weighted by atomic mass is 10.1. The van der Waals surface area contributed by atoms with Crippen LogP contribution in [0.4, 0.5) is 10.2 Å². The van der Waals surface area contributed by atoms with Crippen molar-refractivity contribution in [3.63, 3.8) is 0 Å². The predicted octanol–water partition coefficient (Wildman–Crippen LogP) is 2.36. The van der Waals surface area contributed by atoms with Gasteiger partial charge in [0, 0.05) is 30.9 Å². The summed E-state index contributed by atoms with van der Waals surface area (Å²) in [7, 11) is 1.36. The maximum atomic E-state index is 13.0. The van der Waals surface area contributed by atoms with Crippen LogP contribution in [0.2, 0.25) is 0 Å². The van der Waals surface area contributed by atoms with Crippen LogP contribution in [0.5, 0.6) is 0 Å². The van der Waals surface area contributed by atoms with Gasteiger partial charge in [0.15, 0.2) is 0 Å². The van der Waals surface area contributed by atoms with Crippen molar-refractivity contribution in [2.45, 2.75) is 0 Å². The maximum absolute atomic E-state index is 13.0. The third-order valence-corrected chi connectivity index (χ3v) is 1.91. The first-order chi connectivity index (χ1) is 6.29. The minimum absolute atomic E-state index is 0.516. The fourth-order valence-corrected chi connectivity index (χ4v) is 1.30. The van der Waals surface area contributed by atoms with Crippen molar-refractivity contribution in [1.82, 2.24) is 4.98 Å². The molecule has 0 aliphatic rings. The number of benzene rings is 1. The average Bonchev–Trinajstić information content (AvgIpc) is 2.17. The molecule has 1 aromatic heterocycles. The third kappa shape index (κ3) is 1.33. The van der Waals surface area contributed by atoms with Gasteiger partial charge in [-0.05, 0) is 11.5 Å². The number of rotatable bonds is 1. The molecule has 0 atom stereocenters. The van der Waals surface area contributed by atoms with Crippen LogP contribution >= 0.6 is 0 Å². The summed E-state index contributed by atoms with van der Waals surface area (Å²) < 4.78 is 13.0. The van der Waals surface area contributed by atoms with Crippen molar-refractivity contribution in [2.24, 2.45) is 0 Å². The van der Waals surface area contributed by atoms with E-state index in [1.807, 2.05) is 6.07 Å². The molecule has 1 radical (unpaired) electrons. The Balaban J connectivity index is 2.76. The topological polar surface area (TPSA) is 16.1 Å². The van der Waals surface area contributed by atoms with Crippen molar-refractivity contribution in [1.29, 1.82) is 0 Å². The van der Waals surface area contributed by atoms with Gasteiger partial charge in [0.25, 0.3) is 0 Å². The molecule has 65 valence electrons. The smallest absolute Gasteiger partial charge is 0.0778 e. The monoisotopic (exact) mass is 175 g/mol. The highest BCUT2D eigenvalue weighted by atomic mass is 19.2. The molecule has 2 aromatic rings. The van der Waals surface area contributed by atoms with E-state index < -0.39 is 0 Å². The lowest BCUT2D eigenvalue weighted by Crippen LogP contribution is -2.02. The summed E-state index contributed by atoms with van der Waals surface area (Å²) in [5, 5.41) is 2.23. The Morgan fingerprint density at radius 1 is 1.46 bits per heavy atom. The number of nitrogens with zero attached hydrogens (tertiary/aromatic N) is 2. The van der Waals surface area contributed by atoms with Crippen LogP contribution in [0.3, 0.4) is 0 Å². The number of hydrogen-bond donors (Lipinski definition) is 0. The Kier molecular flexibility index (Phi) is 1.85. The van der Waals surface area contributed by atoms with E-state index >= 15 is 0 Å². The summed E-state index contributed by atoms with van der Waals surface area (Å²) in [4.78, 5) is 3.91. The van der Waals surface area contributed by atoms with E-state index in [-0.39, 0.29) is 0 Å². The van der Waals surface area contributed by atoms with E-state index in [1.54, 1.807) is 24.5 Å². The molecule has 13 heavy (non-hydrogen) atoms. The van der Waals surface area contributed by atoms with E-state index in [2.05, 4.69) is 11.1 Å². The van der Waals surface area contributed by atoms with Gasteiger partial charge in [0.1, 0.15) is 0 Å². The fourth-order valence-electron chi connectivity index (χ4n) is 1.30. The molecule has 0 bridgehead atoms. The van der Waals surface area contributed by atoms with Gasteiger partial charge in [-0.25, -0.2) is 5.12 Å². The highest BCUT2D eigenvalue weighted by Crippen LogP contribution is 2.24. The van der Waals surface area contributed by atoms with Crippen LogP contribution < -0.4 is 5.12 Å². The maximum Gasteiger partial charge on any atom is 0.0778 e. The molecule has 0 saturated heterocycles. The Hall–Kier alpha value is -1.64. The first kappa shape index (κ1) is 7.98. The number of pyridine rings is 1. The van der Waals surface area contributed by atoms with E-state index in [1.165, 1.54) is 7.05 Å². The molecule has 1 aromatic carbocycles. The summed E-state index contributed by atoms with van der Waals surface area (Å²) >= 11 is 0. The molecular formula is C10H8FN2. The first-order valence-corrected chi connectivity index (χ1v) is 3.93. The van der Waals surface area contributed by atoms with Gasteiger partial charge in [0.05, 0.1) is 5.69 Å². The minimum Gasteiger partial charge on any atom is -0.263 e. The Bertz CT molecular complexity index is 421. The summed E-state index contributed by atoms with van der Waals surface area (Å²) in [6.45, 7) is 0. The Morgan fingerprint density at radius 2 is 2.31 bits per heavy atom. The summed E-state index contributed by atoms with van der Waals surface area (Å²) in [6.07, 6.45) is 3.21. The van der Waals surface area contributed by atoms with Gasteiger partial charge >= 0.3 is 0 Å². The molecule has 0 amide bonds. The second-order valence-corrected chi connectivity index (χ2v) is 2.77. The van der Waals surface area contributed by atoms with Crippen LogP contribution in [-0.2, 0) is 0 Å². The highest BCUT2D eigenvalue weighted by molar-refractivity contribution is 5.92. The van der Waals surface area contributed by atoms with Gasteiger partial charge in [-0.15, -0.1) is 4.48 Å². The van der Waals surface area contributed by atoms with E-state index in [4.69, 9.17) is 0 Å². The lowest BCUT2D eigenvalue weighted by Gasteiger charge is -2.09. The van der Waals surface area contributed by atoms with Crippen molar-refractivity contribution >= 4 is 16.5 Å². The van der Waals surface area contributed by atoms with E-state index in [0.717, 1.165) is 10.8 Å². The van der Waals surface area contributed by atoms with Gasteiger partial charge in [-0.2, -0.15) is 0 Å². The summed E-state index contributed by atoms with van der Waals surface area (Å²) in [5.41, 5.74) is 0.516. The van der Waals surface area contributed by atoms with E-state index in [9.17, 15) is 4.48 Å². The minimum atomic E-state index is 0.516. The molecule has 0 unspecified atom stereocenters. The predicted molar refractivity (Wildman–Crippen MR) is 50.1 cm³/mol. The number of hydrogen-bond acceptors (Lipinski definition) is 2. The van der Waals surface area contributed by atoms with Gasteiger partial charge < -0.3 is 0 Å². The summed E-state index contributed by atoms with van der Waals surface area (Å²) in [5.74, 6) is 0. The first-order valence-electron chi connectivity index (χ1n) is 3.93. The van der Waals surface area contributed by atoms with Crippen molar-refractivity contribution < 1.29 is 4.48 Å². The average molecular weight is 175 g/mol. The Morgan fingerprint density at radius 3 is 3.08 bits per heavy atom. The molecule has 2 rings (SSSR count). The molecule has 0 aliphatic carbocycles. The normalized spacial score (nSPS) is 10.3. The molecule has 0 spiro atoms. The van der Waals surface area contributed by atoms with Crippen molar-refractivity contribution in [2.75, 3.05) is 12.2 Å². The van der Waals surface area contributed by atoms with Crippen molar-refractivity contribution in [3.05, 3.63) is 36.7 Å². The molecule has 0 saturated carbocycles. The molecule has 2 nitrogen and oxygen atoms in total. The van der Waals surface area contributed by atoms with Crippen LogP contribution in [0.15, 0.2) is 30.6 Å². The van der Waals surface area contributed by atoms with Crippen LogP contribution in [0.25, 0.3) is 10.8 Å². The molecule has 0 N–H and O–H groups in total. The zero-order valence-electron chi connectivity index (χ0n) is 7.16. The van der Waals surface area contributed by atoms with Crippen LogP contribution in [0, 0.1) is 6.07 Å². The summed E-state index contributed by atoms with van der Waals surface area (Å²) in [6, 6.07) is 8.32. The number of fused-ring (bicyclic) bond motifs is 1. The SMILES string of the molecule is CN(F)c1cccc2[c]cncc12. The van der Waals surface area contributed by atoms with Crippen molar-refractivity contribution in [3.8, 4) is 0 Å². The third-order valence-electron chi connectivity index (χ3n) is 1.91. The number of halogens is 1. The fraction of sp³-hybridized carbons (Fsp3) is 0.100. The number of aromatic nitrogens is 1. The highest BCUT2D eigenvalue weighted by Gasteiger charge is 2.03. The van der Waals surface area contributed by atoms with Gasteiger partial charge in [-0.3, -0.25) is 4.98 Å². The quantitative estimate of drug-likeness (QED) is 0.618. The Labute approximate surface area is 75.6 Å². The second-order valence-electron chi connectivity index (χ2n) is 2.77. The molecule has 3 heteroatoms. The largest absolute Gasteiger partial charge is 0.263 e. The van der Waals surface area contributed by atoms with Gasteiger partial charge in [-0.1, -0.05) is 12.1 Å². The van der Waals surface area contributed by atoms with Crippen LogP contribution in [0.1, 0.15) is 0 Å².